The van der Waals surface area contributed by atoms with Crippen molar-refractivity contribution in [3.8, 4) is 0 Å². The summed E-state index contributed by atoms with van der Waals surface area (Å²) in [5.74, 6) is -0.187. The van der Waals surface area contributed by atoms with Crippen LogP contribution in [0.2, 0.25) is 0 Å². The SMILES string of the molecule is NCC(c1cccc(F)c1)c1ccc[nH]1. The molecule has 1 unspecified atom stereocenters. The maximum Gasteiger partial charge on any atom is 0.123 e. The fraction of sp³-hybridized carbons (Fsp3) is 0.167. The molecule has 2 aromatic rings. The predicted octanol–water partition coefficient (Wildman–Crippen LogP) is 2.24. The van der Waals surface area contributed by atoms with Gasteiger partial charge in [-0.1, -0.05) is 12.1 Å². The third-order valence-corrected chi connectivity index (χ3v) is 2.48. The van der Waals surface area contributed by atoms with E-state index in [0.29, 0.717) is 6.54 Å². The standard InChI is InChI=1S/C12H13FN2/c13-10-4-1-3-9(7-10)11(8-14)12-5-2-6-15-12/h1-7,11,15H,8,14H2. The monoisotopic (exact) mass is 204 g/mol. The Balaban J connectivity index is 2.35. The van der Waals surface area contributed by atoms with Crippen LogP contribution in [0.15, 0.2) is 42.6 Å². The summed E-state index contributed by atoms with van der Waals surface area (Å²) in [5, 5.41) is 0. The summed E-state index contributed by atoms with van der Waals surface area (Å²) in [5.41, 5.74) is 7.62. The summed E-state index contributed by atoms with van der Waals surface area (Å²) in [6, 6.07) is 10.4. The van der Waals surface area contributed by atoms with Crippen LogP contribution in [0.1, 0.15) is 17.2 Å². The predicted molar refractivity (Wildman–Crippen MR) is 58.1 cm³/mol. The van der Waals surface area contributed by atoms with E-state index in [4.69, 9.17) is 5.73 Å². The first-order valence-corrected chi connectivity index (χ1v) is 4.90. The van der Waals surface area contributed by atoms with E-state index in [1.165, 1.54) is 12.1 Å². The Bertz CT molecular complexity index is 423. The summed E-state index contributed by atoms with van der Waals surface area (Å²) in [4.78, 5) is 3.10. The molecule has 0 radical (unpaired) electrons. The maximum absolute atomic E-state index is 13.1. The van der Waals surface area contributed by atoms with Gasteiger partial charge in [0.05, 0.1) is 0 Å². The lowest BCUT2D eigenvalue weighted by molar-refractivity contribution is 0.622. The Morgan fingerprint density at radius 2 is 2.13 bits per heavy atom. The molecule has 0 aliphatic carbocycles. The van der Waals surface area contributed by atoms with Crippen molar-refractivity contribution in [2.45, 2.75) is 5.92 Å². The largest absolute Gasteiger partial charge is 0.364 e. The molecule has 0 bridgehead atoms. The molecule has 1 heterocycles. The number of aromatic nitrogens is 1. The number of benzene rings is 1. The molecule has 78 valence electrons. The molecular weight excluding hydrogens is 191 g/mol. The van der Waals surface area contributed by atoms with Crippen molar-refractivity contribution in [1.29, 1.82) is 0 Å². The number of hydrogen-bond acceptors (Lipinski definition) is 1. The Morgan fingerprint density at radius 1 is 1.27 bits per heavy atom. The van der Waals surface area contributed by atoms with Gasteiger partial charge in [-0.25, -0.2) is 4.39 Å². The molecule has 1 aromatic carbocycles. The van der Waals surface area contributed by atoms with E-state index in [-0.39, 0.29) is 11.7 Å². The Labute approximate surface area is 87.9 Å². The van der Waals surface area contributed by atoms with Crippen LogP contribution in [0.5, 0.6) is 0 Å². The first-order chi connectivity index (χ1) is 7.31. The van der Waals surface area contributed by atoms with E-state index in [0.717, 1.165) is 11.3 Å². The zero-order valence-electron chi connectivity index (χ0n) is 8.28. The van der Waals surface area contributed by atoms with Gasteiger partial charge in [0.15, 0.2) is 0 Å². The van der Waals surface area contributed by atoms with Gasteiger partial charge in [0.2, 0.25) is 0 Å². The van der Waals surface area contributed by atoms with Crippen LogP contribution >= 0.6 is 0 Å². The summed E-state index contributed by atoms with van der Waals surface area (Å²) in [6.07, 6.45) is 1.84. The third-order valence-electron chi connectivity index (χ3n) is 2.48. The van der Waals surface area contributed by atoms with Crippen LogP contribution in [0.3, 0.4) is 0 Å². The van der Waals surface area contributed by atoms with E-state index < -0.39 is 0 Å². The average molecular weight is 204 g/mol. The van der Waals surface area contributed by atoms with Crippen LogP contribution in [-0.4, -0.2) is 11.5 Å². The molecule has 15 heavy (non-hydrogen) atoms. The molecule has 0 aliphatic rings. The minimum atomic E-state index is -0.225. The van der Waals surface area contributed by atoms with Gasteiger partial charge in [-0.05, 0) is 29.8 Å². The molecule has 0 fully saturated rings. The average Bonchev–Trinajstić information content (AvgIpc) is 2.72. The lowest BCUT2D eigenvalue weighted by atomic mass is 9.96. The highest BCUT2D eigenvalue weighted by Gasteiger charge is 2.13. The van der Waals surface area contributed by atoms with Crippen molar-refractivity contribution in [3.05, 3.63) is 59.7 Å². The second-order valence-corrected chi connectivity index (χ2v) is 3.47. The highest BCUT2D eigenvalue weighted by molar-refractivity contribution is 5.29. The van der Waals surface area contributed by atoms with Crippen LogP contribution in [-0.2, 0) is 0 Å². The number of halogens is 1. The molecule has 1 atom stereocenters. The van der Waals surface area contributed by atoms with Crippen molar-refractivity contribution in [2.24, 2.45) is 5.73 Å². The van der Waals surface area contributed by atoms with E-state index in [1.807, 2.05) is 24.4 Å². The molecule has 3 N–H and O–H groups in total. The second kappa shape index (κ2) is 4.28. The van der Waals surface area contributed by atoms with Gasteiger partial charge in [-0.15, -0.1) is 0 Å². The number of nitrogens with two attached hydrogens (primary N) is 1. The van der Waals surface area contributed by atoms with E-state index in [2.05, 4.69) is 4.98 Å². The first kappa shape index (κ1) is 9.93. The summed E-state index contributed by atoms with van der Waals surface area (Å²) < 4.78 is 13.1. The number of rotatable bonds is 3. The summed E-state index contributed by atoms with van der Waals surface area (Å²) in [6.45, 7) is 0.462. The van der Waals surface area contributed by atoms with Crippen LogP contribution < -0.4 is 5.73 Å². The van der Waals surface area contributed by atoms with Gasteiger partial charge in [0.1, 0.15) is 5.82 Å². The fourth-order valence-corrected chi connectivity index (χ4v) is 1.73. The van der Waals surface area contributed by atoms with E-state index >= 15 is 0 Å². The molecule has 0 spiro atoms. The van der Waals surface area contributed by atoms with Crippen molar-refractivity contribution in [1.82, 2.24) is 4.98 Å². The highest BCUT2D eigenvalue weighted by Crippen LogP contribution is 2.22. The van der Waals surface area contributed by atoms with Gasteiger partial charge in [-0.2, -0.15) is 0 Å². The number of nitrogens with one attached hydrogen (secondary N) is 1. The molecule has 1 aromatic heterocycles. The number of H-pyrrole nitrogens is 1. The van der Waals surface area contributed by atoms with Crippen molar-refractivity contribution >= 4 is 0 Å². The van der Waals surface area contributed by atoms with E-state index in [9.17, 15) is 4.39 Å². The molecular formula is C12H13FN2. The minimum absolute atomic E-state index is 0.0377. The van der Waals surface area contributed by atoms with Crippen LogP contribution in [0.25, 0.3) is 0 Å². The highest BCUT2D eigenvalue weighted by atomic mass is 19.1. The fourth-order valence-electron chi connectivity index (χ4n) is 1.73. The summed E-state index contributed by atoms with van der Waals surface area (Å²) in [7, 11) is 0. The molecule has 0 aliphatic heterocycles. The zero-order chi connectivity index (χ0) is 10.7. The maximum atomic E-state index is 13.1. The first-order valence-electron chi connectivity index (χ1n) is 4.90. The van der Waals surface area contributed by atoms with E-state index in [1.54, 1.807) is 6.07 Å². The van der Waals surface area contributed by atoms with Gasteiger partial charge in [-0.3, -0.25) is 0 Å². The van der Waals surface area contributed by atoms with Gasteiger partial charge in [0.25, 0.3) is 0 Å². The summed E-state index contributed by atoms with van der Waals surface area (Å²) >= 11 is 0. The lowest BCUT2D eigenvalue weighted by Gasteiger charge is -2.13. The van der Waals surface area contributed by atoms with Gasteiger partial charge >= 0.3 is 0 Å². The smallest absolute Gasteiger partial charge is 0.123 e. The topological polar surface area (TPSA) is 41.8 Å². The number of hydrogen-bond donors (Lipinski definition) is 2. The molecule has 2 nitrogen and oxygen atoms in total. The quantitative estimate of drug-likeness (QED) is 0.791. The second-order valence-electron chi connectivity index (χ2n) is 3.47. The molecule has 0 amide bonds. The Hall–Kier alpha value is -1.61. The van der Waals surface area contributed by atoms with Crippen molar-refractivity contribution in [3.63, 3.8) is 0 Å². The Morgan fingerprint density at radius 3 is 2.73 bits per heavy atom. The molecule has 3 heteroatoms. The van der Waals surface area contributed by atoms with Crippen LogP contribution in [0, 0.1) is 5.82 Å². The lowest BCUT2D eigenvalue weighted by Crippen LogP contribution is -2.14. The zero-order valence-corrected chi connectivity index (χ0v) is 8.28. The van der Waals surface area contributed by atoms with Crippen LogP contribution in [0.4, 0.5) is 4.39 Å². The van der Waals surface area contributed by atoms with Gasteiger partial charge < -0.3 is 10.7 Å². The van der Waals surface area contributed by atoms with Gasteiger partial charge in [0, 0.05) is 24.4 Å². The normalized spacial score (nSPS) is 12.7. The van der Waals surface area contributed by atoms with Crippen molar-refractivity contribution < 1.29 is 4.39 Å². The van der Waals surface area contributed by atoms with Crippen molar-refractivity contribution in [2.75, 3.05) is 6.54 Å². The molecule has 2 rings (SSSR count). The number of aromatic amines is 1. The third kappa shape index (κ3) is 2.07. The minimum Gasteiger partial charge on any atom is -0.364 e. The Kier molecular flexibility index (Phi) is 2.83. The molecule has 0 saturated carbocycles. The molecule has 0 saturated heterocycles.